The molecule has 11 heteroatoms. The van der Waals surface area contributed by atoms with Crippen molar-refractivity contribution in [2.45, 2.75) is 6.92 Å². The van der Waals surface area contributed by atoms with Crippen LogP contribution in [0.1, 0.15) is 6.92 Å². The number of aromatic nitrogens is 1. The molecule has 0 aliphatic heterocycles. The van der Waals surface area contributed by atoms with E-state index in [9.17, 15) is 9.59 Å². The summed E-state index contributed by atoms with van der Waals surface area (Å²) in [6.07, 6.45) is -0.577. The second-order valence-corrected chi connectivity index (χ2v) is 5.57. The zero-order valence-electron chi connectivity index (χ0n) is 16.1. The molecule has 154 valence electrons. The lowest BCUT2D eigenvalue weighted by molar-refractivity contribution is -0.115. The van der Waals surface area contributed by atoms with Gasteiger partial charge in [0.1, 0.15) is 17.2 Å². The third-order valence-corrected chi connectivity index (χ3v) is 3.36. The van der Waals surface area contributed by atoms with Crippen molar-refractivity contribution in [1.82, 2.24) is 15.6 Å². The molecule has 1 aromatic carbocycles. The van der Waals surface area contributed by atoms with E-state index >= 15 is 0 Å². The van der Waals surface area contributed by atoms with Gasteiger partial charge >= 0.3 is 6.09 Å². The van der Waals surface area contributed by atoms with Gasteiger partial charge in [-0.2, -0.15) is 0 Å². The summed E-state index contributed by atoms with van der Waals surface area (Å²) < 4.78 is 10.3. The van der Waals surface area contributed by atoms with Crippen LogP contribution in [0.2, 0.25) is 0 Å². The fourth-order valence-electron chi connectivity index (χ4n) is 2.08. The lowest BCUT2D eigenvalue weighted by Crippen LogP contribution is -2.25. The highest BCUT2D eigenvalue weighted by Crippen LogP contribution is 2.30. The largest absolute Gasteiger partial charge is 0.455 e. The zero-order chi connectivity index (χ0) is 21.1. The maximum Gasteiger partial charge on any atom is 0.410 e. The molecule has 0 unspecified atom stereocenters. The molecule has 29 heavy (non-hydrogen) atoms. The standard InChI is InChI=1S/C18H23N7O4/c1-3-21-18(27)29-11-28-14-7-5-4-6-12(14)24-25-13-8-9-15(23-17(13)19)22-16(26)10-20-2/h4-9,20H,3,10-11H2,1-2H3,(H,21,27)(H3,19,22,23,26). The number of carbonyl (C=O) groups excluding carboxylic acids is 2. The number of amides is 2. The smallest absolute Gasteiger partial charge is 0.410 e. The predicted octanol–water partition coefficient (Wildman–Crippen LogP) is 2.32. The molecule has 2 rings (SSSR count). The summed E-state index contributed by atoms with van der Waals surface area (Å²) in [5, 5.41) is 16.0. The van der Waals surface area contributed by atoms with Crippen LogP contribution in [-0.2, 0) is 9.53 Å². The molecule has 2 aromatic rings. The van der Waals surface area contributed by atoms with Crippen molar-refractivity contribution in [2.75, 3.05) is 38.0 Å². The molecule has 2 amide bonds. The number of azo groups is 1. The van der Waals surface area contributed by atoms with E-state index in [1.54, 1.807) is 50.4 Å². The fraction of sp³-hybridized carbons (Fsp3) is 0.278. The number of ether oxygens (including phenoxy) is 2. The van der Waals surface area contributed by atoms with Gasteiger partial charge < -0.3 is 31.2 Å². The Morgan fingerprint density at radius 3 is 2.62 bits per heavy atom. The van der Waals surface area contributed by atoms with E-state index in [4.69, 9.17) is 15.2 Å². The molecule has 0 bridgehead atoms. The molecule has 0 saturated carbocycles. The Kier molecular flexibility index (Phi) is 8.32. The monoisotopic (exact) mass is 401 g/mol. The molecule has 11 nitrogen and oxygen atoms in total. The molecule has 0 spiro atoms. The van der Waals surface area contributed by atoms with Crippen LogP contribution in [0.5, 0.6) is 5.75 Å². The van der Waals surface area contributed by atoms with Crippen LogP contribution in [0.3, 0.4) is 0 Å². The lowest BCUT2D eigenvalue weighted by atomic mass is 10.3. The van der Waals surface area contributed by atoms with Crippen LogP contribution in [0.25, 0.3) is 0 Å². The summed E-state index contributed by atoms with van der Waals surface area (Å²) in [4.78, 5) is 27.0. The number of anilines is 2. The SMILES string of the molecule is CCNC(=O)OCOc1ccccc1N=Nc1ccc(NC(=O)CNC)nc1N. The average molecular weight is 401 g/mol. The molecular formula is C18H23N7O4. The van der Waals surface area contributed by atoms with Gasteiger partial charge in [0.25, 0.3) is 0 Å². The van der Waals surface area contributed by atoms with Crippen molar-refractivity contribution >= 4 is 35.0 Å². The number of hydrogen-bond acceptors (Lipinski definition) is 9. The number of nitrogens with one attached hydrogen (secondary N) is 3. The number of nitrogen functional groups attached to an aromatic ring is 1. The predicted molar refractivity (Wildman–Crippen MR) is 107 cm³/mol. The number of nitrogens with two attached hydrogens (primary N) is 1. The highest BCUT2D eigenvalue weighted by Gasteiger charge is 2.07. The summed E-state index contributed by atoms with van der Waals surface area (Å²) in [5.41, 5.74) is 6.63. The van der Waals surface area contributed by atoms with Crippen molar-refractivity contribution in [3.05, 3.63) is 36.4 Å². The van der Waals surface area contributed by atoms with E-state index < -0.39 is 6.09 Å². The third kappa shape index (κ3) is 7.07. The van der Waals surface area contributed by atoms with Crippen molar-refractivity contribution in [3.8, 4) is 5.75 Å². The number of carbonyl (C=O) groups is 2. The number of nitrogens with zero attached hydrogens (tertiary/aromatic N) is 3. The highest BCUT2D eigenvalue weighted by atomic mass is 16.7. The third-order valence-electron chi connectivity index (χ3n) is 3.36. The molecule has 1 aromatic heterocycles. The maximum absolute atomic E-state index is 11.6. The lowest BCUT2D eigenvalue weighted by Gasteiger charge is -2.09. The normalized spacial score (nSPS) is 10.6. The van der Waals surface area contributed by atoms with Crippen LogP contribution in [0.4, 0.5) is 27.8 Å². The van der Waals surface area contributed by atoms with E-state index in [-0.39, 0.29) is 25.1 Å². The average Bonchev–Trinajstić information content (AvgIpc) is 2.68. The number of pyridine rings is 1. The number of para-hydroxylation sites is 1. The van der Waals surface area contributed by atoms with Gasteiger partial charge in [-0.1, -0.05) is 12.1 Å². The Hall–Kier alpha value is -3.73. The minimum absolute atomic E-state index is 0.106. The molecule has 0 radical (unpaired) electrons. The van der Waals surface area contributed by atoms with Crippen molar-refractivity contribution in [1.29, 1.82) is 0 Å². The number of rotatable bonds is 9. The molecule has 0 aliphatic carbocycles. The van der Waals surface area contributed by atoms with Crippen LogP contribution < -0.4 is 26.4 Å². The van der Waals surface area contributed by atoms with E-state index in [1.165, 1.54) is 0 Å². The Morgan fingerprint density at radius 2 is 1.90 bits per heavy atom. The van der Waals surface area contributed by atoms with E-state index in [0.29, 0.717) is 29.5 Å². The van der Waals surface area contributed by atoms with Crippen LogP contribution >= 0.6 is 0 Å². The molecular weight excluding hydrogens is 378 g/mol. The van der Waals surface area contributed by atoms with E-state index in [1.807, 2.05) is 0 Å². The van der Waals surface area contributed by atoms with Crippen molar-refractivity contribution in [3.63, 3.8) is 0 Å². The van der Waals surface area contributed by atoms with Gasteiger partial charge in [0.15, 0.2) is 11.6 Å². The van der Waals surface area contributed by atoms with Gasteiger partial charge in [0, 0.05) is 6.54 Å². The number of hydrogen-bond donors (Lipinski definition) is 4. The molecule has 5 N–H and O–H groups in total. The second-order valence-electron chi connectivity index (χ2n) is 5.57. The summed E-state index contributed by atoms with van der Waals surface area (Å²) in [6, 6.07) is 10.0. The zero-order valence-corrected chi connectivity index (χ0v) is 16.1. The van der Waals surface area contributed by atoms with Gasteiger partial charge in [-0.15, -0.1) is 10.2 Å². The van der Waals surface area contributed by atoms with E-state index in [2.05, 4.69) is 31.2 Å². The van der Waals surface area contributed by atoms with Crippen molar-refractivity contribution in [2.24, 2.45) is 10.2 Å². The molecule has 0 fully saturated rings. The minimum Gasteiger partial charge on any atom is -0.455 e. The first-order valence-electron chi connectivity index (χ1n) is 8.78. The Labute approximate surface area is 167 Å². The summed E-state index contributed by atoms with van der Waals surface area (Å²) in [6.45, 7) is 2.12. The topological polar surface area (TPSA) is 152 Å². The quantitative estimate of drug-likeness (QED) is 0.371. The first-order valence-corrected chi connectivity index (χ1v) is 8.78. The Balaban J connectivity index is 2.04. The fourth-order valence-corrected chi connectivity index (χ4v) is 2.08. The Bertz CT molecular complexity index is 873. The number of likely N-dealkylation sites (N-methyl/N-ethyl adjacent to an activating group) is 1. The number of alkyl carbamates (subject to hydrolysis) is 1. The Morgan fingerprint density at radius 1 is 1.14 bits per heavy atom. The minimum atomic E-state index is -0.577. The van der Waals surface area contributed by atoms with E-state index in [0.717, 1.165) is 0 Å². The van der Waals surface area contributed by atoms with Gasteiger partial charge in [-0.05, 0) is 38.2 Å². The number of benzene rings is 1. The first kappa shape index (κ1) is 21.6. The van der Waals surface area contributed by atoms with Gasteiger partial charge in [-0.25, -0.2) is 9.78 Å². The van der Waals surface area contributed by atoms with Gasteiger partial charge in [0.2, 0.25) is 12.7 Å². The van der Waals surface area contributed by atoms with Gasteiger partial charge in [0.05, 0.1) is 6.54 Å². The maximum atomic E-state index is 11.6. The van der Waals surface area contributed by atoms with Crippen molar-refractivity contribution < 1.29 is 19.1 Å². The molecule has 0 saturated heterocycles. The second kappa shape index (κ2) is 11.2. The van der Waals surface area contributed by atoms with Crippen LogP contribution in [0, 0.1) is 0 Å². The molecule has 0 aliphatic rings. The van der Waals surface area contributed by atoms with Crippen LogP contribution in [-0.4, -0.2) is 43.9 Å². The van der Waals surface area contributed by atoms with Crippen LogP contribution in [0.15, 0.2) is 46.6 Å². The summed E-state index contributed by atoms with van der Waals surface area (Å²) in [7, 11) is 1.67. The first-order chi connectivity index (χ1) is 14.0. The molecule has 1 heterocycles. The summed E-state index contributed by atoms with van der Waals surface area (Å²) >= 11 is 0. The van der Waals surface area contributed by atoms with Gasteiger partial charge in [-0.3, -0.25) is 4.79 Å². The summed E-state index contributed by atoms with van der Waals surface area (Å²) in [5.74, 6) is 0.555. The highest BCUT2D eigenvalue weighted by molar-refractivity contribution is 5.91. The molecule has 0 atom stereocenters.